The lowest BCUT2D eigenvalue weighted by Crippen LogP contribution is -2.64. The van der Waals surface area contributed by atoms with Gasteiger partial charge in [-0.1, -0.05) is 26.7 Å². The molecule has 0 aromatic carbocycles. The second-order valence-electron chi connectivity index (χ2n) is 10.5. The number of nitrogens with zero attached hydrogens (tertiary/aromatic N) is 2. The molecule has 1 heterocycles. The SMILES string of the molecule is C[C@]12CCCC[C@H]1C[C@H](c1ccnnc1)[C@@H]1[C@@H]2CC[C@]2(C)[C@H](O)CC[C@]12O. The van der Waals surface area contributed by atoms with Gasteiger partial charge in [0.1, 0.15) is 0 Å². The monoisotopic (exact) mass is 370 g/mol. The van der Waals surface area contributed by atoms with Crippen molar-refractivity contribution in [2.24, 2.45) is 28.6 Å². The van der Waals surface area contributed by atoms with Gasteiger partial charge in [0.15, 0.2) is 0 Å². The molecular weight excluding hydrogens is 336 g/mol. The number of hydrogen-bond donors (Lipinski definition) is 2. The predicted molar refractivity (Wildman–Crippen MR) is 104 cm³/mol. The highest BCUT2D eigenvalue weighted by Crippen LogP contribution is 2.70. The Balaban J connectivity index is 1.64. The first-order valence-corrected chi connectivity index (χ1v) is 11.1. The van der Waals surface area contributed by atoms with Gasteiger partial charge in [-0.25, -0.2) is 0 Å². The zero-order valence-corrected chi connectivity index (χ0v) is 16.8. The van der Waals surface area contributed by atoms with Gasteiger partial charge in [0.25, 0.3) is 0 Å². The van der Waals surface area contributed by atoms with E-state index in [9.17, 15) is 10.2 Å². The molecule has 8 atom stereocenters. The fourth-order valence-electron chi connectivity index (χ4n) is 8.12. The Morgan fingerprint density at radius 3 is 2.67 bits per heavy atom. The minimum absolute atomic E-state index is 0.219. The third-order valence-electron chi connectivity index (χ3n) is 9.79. The Labute approximate surface area is 162 Å². The van der Waals surface area contributed by atoms with Crippen molar-refractivity contribution < 1.29 is 10.2 Å². The topological polar surface area (TPSA) is 66.2 Å². The van der Waals surface area contributed by atoms with E-state index in [4.69, 9.17) is 0 Å². The second-order valence-corrected chi connectivity index (χ2v) is 10.5. The summed E-state index contributed by atoms with van der Waals surface area (Å²) in [7, 11) is 0. The maximum atomic E-state index is 12.2. The van der Waals surface area contributed by atoms with Crippen LogP contribution >= 0.6 is 0 Å². The van der Waals surface area contributed by atoms with Crippen LogP contribution in [0.25, 0.3) is 0 Å². The molecule has 148 valence electrons. The van der Waals surface area contributed by atoms with Gasteiger partial charge < -0.3 is 10.2 Å². The van der Waals surface area contributed by atoms with E-state index < -0.39 is 5.60 Å². The first-order valence-electron chi connectivity index (χ1n) is 11.1. The molecule has 5 rings (SSSR count). The van der Waals surface area contributed by atoms with Crippen molar-refractivity contribution in [3.8, 4) is 0 Å². The highest BCUT2D eigenvalue weighted by molar-refractivity contribution is 5.26. The number of aliphatic hydroxyl groups excluding tert-OH is 1. The Hall–Kier alpha value is -1.00. The van der Waals surface area contributed by atoms with Crippen LogP contribution in [0.2, 0.25) is 0 Å². The molecule has 4 aliphatic carbocycles. The van der Waals surface area contributed by atoms with Crippen molar-refractivity contribution in [2.75, 3.05) is 0 Å². The summed E-state index contributed by atoms with van der Waals surface area (Å²) in [5.41, 5.74) is 0.441. The number of hydrogen-bond acceptors (Lipinski definition) is 4. The first kappa shape index (κ1) is 18.1. The van der Waals surface area contributed by atoms with Gasteiger partial charge in [0.05, 0.1) is 17.9 Å². The summed E-state index contributed by atoms with van der Waals surface area (Å²) in [4.78, 5) is 0. The summed E-state index contributed by atoms with van der Waals surface area (Å²) in [5, 5.41) is 31.2. The van der Waals surface area contributed by atoms with E-state index in [1.165, 1.54) is 31.2 Å². The summed E-state index contributed by atoms with van der Waals surface area (Å²) >= 11 is 0. The highest BCUT2D eigenvalue weighted by Gasteiger charge is 2.69. The van der Waals surface area contributed by atoms with Gasteiger partial charge in [0.2, 0.25) is 0 Å². The fraction of sp³-hybridized carbons (Fsp3) is 0.826. The van der Waals surface area contributed by atoms with Crippen LogP contribution < -0.4 is 0 Å². The molecule has 1 aromatic heterocycles. The molecule has 0 radical (unpaired) electrons. The highest BCUT2D eigenvalue weighted by atomic mass is 16.3. The minimum atomic E-state index is -0.769. The van der Waals surface area contributed by atoms with Crippen molar-refractivity contribution in [1.29, 1.82) is 0 Å². The Morgan fingerprint density at radius 1 is 1.04 bits per heavy atom. The molecule has 4 nitrogen and oxygen atoms in total. The van der Waals surface area contributed by atoms with Gasteiger partial charge >= 0.3 is 0 Å². The first-order chi connectivity index (χ1) is 12.9. The summed E-state index contributed by atoms with van der Waals surface area (Å²) in [6.07, 6.45) is 13.4. The van der Waals surface area contributed by atoms with Crippen LogP contribution in [0, 0.1) is 28.6 Å². The van der Waals surface area contributed by atoms with Gasteiger partial charge in [-0.2, -0.15) is 10.2 Å². The molecule has 0 saturated heterocycles. The van der Waals surface area contributed by atoms with Crippen molar-refractivity contribution in [1.82, 2.24) is 10.2 Å². The summed E-state index contributed by atoms with van der Waals surface area (Å²) < 4.78 is 0. The van der Waals surface area contributed by atoms with Crippen molar-refractivity contribution in [2.45, 2.75) is 89.3 Å². The molecule has 4 saturated carbocycles. The molecule has 4 heteroatoms. The molecule has 2 N–H and O–H groups in total. The van der Waals surface area contributed by atoms with Gasteiger partial charge in [0, 0.05) is 11.6 Å². The van der Waals surface area contributed by atoms with Crippen molar-refractivity contribution in [3.63, 3.8) is 0 Å². The molecule has 0 aliphatic heterocycles. The number of rotatable bonds is 1. The molecular formula is C23H34N2O2. The van der Waals surface area contributed by atoms with Gasteiger partial charge in [-0.15, -0.1) is 0 Å². The van der Waals surface area contributed by atoms with Crippen LogP contribution in [0.1, 0.15) is 83.1 Å². The average Bonchev–Trinajstić information content (AvgIpc) is 2.92. The quantitative estimate of drug-likeness (QED) is 0.782. The molecule has 0 amide bonds. The number of fused-ring (bicyclic) bond motifs is 5. The van der Waals surface area contributed by atoms with Crippen LogP contribution in [-0.4, -0.2) is 32.1 Å². The van der Waals surface area contributed by atoms with E-state index in [-0.39, 0.29) is 17.4 Å². The van der Waals surface area contributed by atoms with Crippen LogP contribution in [-0.2, 0) is 0 Å². The summed E-state index contributed by atoms with van der Waals surface area (Å²) in [5.74, 6) is 1.83. The predicted octanol–water partition coefficient (Wildman–Crippen LogP) is 4.08. The van der Waals surface area contributed by atoms with Crippen LogP contribution in [0.5, 0.6) is 0 Å². The zero-order chi connectivity index (χ0) is 18.9. The Kier molecular flexibility index (Phi) is 4.01. The van der Waals surface area contributed by atoms with Crippen LogP contribution in [0.4, 0.5) is 0 Å². The molecule has 4 fully saturated rings. The third kappa shape index (κ3) is 2.29. The van der Waals surface area contributed by atoms with E-state index in [0.717, 1.165) is 38.0 Å². The van der Waals surface area contributed by atoms with Crippen LogP contribution in [0.15, 0.2) is 18.5 Å². The summed E-state index contributed by atoms with van der Waals surface area (Å²) in [6, 6.07) is 2.11. The maximum absolute atomic E-state index is 12.2. The largest absolute Gasteiger partial charge is 0.392 e. The Morgan fingerprint density at radius 2 is 1.89 bits per heavy atom. The van der Waals surface area contributed by atoms with E-state index in [0.29, 0.717) is 17.3 Å². The lowest BCUT2D eigenvalue weighted by atomic mass is 9.41. The van der Waals surface area contributed by atoms with E-state index in [1.54, 1.807) is 6.20 Å². The molecule has 0 unspecified atom stereocenters. The van der Waals surface area contributed by atoms with Crippen molar-refractivity contribution >= 4 is 0 Å². The van der Waals surface area contributed by atoms with E-state index in [1.807, 2.05) is 6.20 Å². The van der Waals surface area contributed by atoms with Gasteiger partial charge in [-0.05, 0) is 85.7 Å². The average molecular weight is 371 g/mol. The lowest BCUT2D eigenvalue weighted by molar-refractivity contribution is -0.219. The maximum Gasteiger partial charge on any atom is 0.0763 e. The molecule has 1 aromatic rings. The second kappa shape index (κ2) is 6.00. The normalized spacial score (nSPS) is 51.9. The van der Waals surface area contributed by atoms with Crippen molar-refractivity contribution in [3.05, 3.63) is 24.0 Å². The summed E-state index contributed by atoms with van der Waals surface area (Å²) in [6.45, 7) is 4.67. The van der Waals surface area contributed by atoms with E-state index in [2.05, 4.69) is 30.1 Å². The van der Waals surface area contributed by atoms with E-state index >= 15 is 0 Å². The third-order valence-corrected chi connectivity index (χ3v) is 9.79. The molecule has 0 spiro atoms. The Bertz CT molecular complexity index is 712. The lowest BCUT2D eigenvalue weighted by Gasteiger charge is -2.65. The molecule has 27 heavy (non-hydrogen) atoms. The minimum Gasteiger partial charge on any atom is -0.392 e. The smallest absolute Gasteiger partial charge is 0.0763 e. The molecule has 4 aliphatic rings. The molecule has 0 bridgehead atoms. The number of aromatic nitrogens is 2. The van der Waals surface area contributed by atoms with Gasteiger partial charge in [-0.3, -0.25) is 0 Å². The standard InChI is InChI=1S/C23H34N2O2/c1-21-9-4-3-5-16(21)13-17(15-8-12-24-25-14-15)20-18(21)6-10-22(2)19(26)7-11-23(20,22)27/h8,12,14,16-20,26-27H,3-7,9-11,13H2,1-2H3/t16-,17+,18-,19+,20+,21-,22+,23-/m0/s1. The van der Waals surface area contributed by atoms with Crippen LogP contribution in [0.3, 0.4) is 0 Å². The zero-order valence-electron chi connectivity index (χ0n) is 16.8. The fourth-order valence-corrected chi connectivity index (χ4v) is 8.12. The number of aliphatic hydroxyl groups is 2.